The van der Waals surface area contributed by atoms with Crippen molar-refractivity contribution in [2.75, 3.05) is 4.90 Å². The van der Waals surface area contributed by atoms with E-state index in [0.29, 0.717) is 0 Å². The molecule has 0 atom stereocenters. The number of fused-ring (bicyclic) bond motifs is 6. The maximum Gasteiger partial charge on any atom is 0.124 e. The Bertz CT molecular complexity index is 2830. The van der Waals surface area contributed by atoms with Gasteiger partial charge in [0.15, 0.2) is 0 Å². The molecule has 0 unspecified atom stereocenters. The summed E-state index contributed by atoms with van der Waals surface area (Å²) in [4.78, 5) is 7.36. The largest absolute Gasteiger partial charge is 0.311 e. The zero-order valence-electron chi connectivity index (χ0n) is 27.5. The van der Waals surface area contributed by atoms with E-state index in [1.165, 1.54) is 57.9 Å². The fraction of sp³-hybridized carbons (Fsp3) is 0. The fourth-order valence-electron chi connectivity index (χ4n) is 7.22. The Morgan fingerprint density at radius 3 is 1.82 bits per heavy atom. The Kier molecular flexibility index (Phi) is 7.23. The average Bonchev–Trinajstić information content (AvgIpc) is 3.81. The lowest BCUT2D eigenvalue weighted by atomic mass is 9.98. The molecule has 4 heteroatoms. The average molecular weight is 687 g/mol. The third-order valence-electron chi connectivity index (χ3n) is 9.71. The van der Waals surface area contributed by atoms with Crippen LogP contribution in [0.3, 0.4) is 0 Å². The Morgan fingerprint density at radius 1 is 0.412 bits per heavy atom. The summed E-state index contributed by atoms with van der Waals surface area (Å²) >= 11 is 3.65. The Labute approximate surface area is 304 Å². The van der Waals surface area contributed by atoms with Gasteiger partial charge in [0, 0.05) is 42.8 Å². The first-order chi connectivity index (χ1) is 25.3. The number of nitrogens with zero attached hydrogens (tertiary/aromatic N) is 2. The molecule has 0 fully saturated rings. The van der Waals surface area contributed by atoms with Crippen LogP contribution >= 0.6 is 22.7 Å². The van der Waals surface area contributed by atoms with Gasteiger partial charge in [0.1, 0.15) is 5.01 Å². The van der Waals surface area contributed by atoms with Crippen molar-refractivity contribution >= 4 is 80.9 Å². The summed E-state index contributed by atoms with van der Waals surface area (Å²) in [6.45, 7) is 0. The summed E-state index contributed by atoms with van der Waals surface area (Å²) in [7, 11) is 0. The van der Waals surface area contributed by atoms with Gasteiger partial charge in [0.25, 0.3) is 0 Å². The van der Waals surface area contributed by atoms with Gasteiger partial charge in [-0.2, -0.15) is 0 Å². The van der Waals surface area contributed by atoms with Gasteiger partial charge in [-0.15, -0.1) is 22.7 Å². The van der Waals surface area contributed by atoms with Crippen molar-refractivity contribution < 1.29 is 0 Å². The summed E-state index contributed by atoms with van der Waals surface area (Å²) in [6, 6.07) is 65.5. The van der Waals surface area contributed by atoms with Gasteiger partial charge >= 0.3 is 0 Å². The first kappa shape index (κ1) is 29.8. The van der Waals surface area contributed by atoms with Crippen molar-refractivity contribution in [3.63, 3.8) is 0 Å². The highest BCUT2D eigenvalue weighted by Gasteiger charge is 2.16. The maximum absolute atomic E-state index is 5.03. The van der Waals surface area contributed by atoms with E-state index >= 15 is 0 Å². The first-order valence-corrected chi connectivity index (χ1v) is 18.8. The SMILES string of the molecule is c1ccc(-c2nc3ccc4sc5ccc(-c6ccc(N(c7ccccc7)c7ccc(-c8cccc9ccccc89)cc7)cc6)cc5c4c3s2)cc1. The van der Waals surface area contributed by atoms with Gasteiger partial charge in [-0.1, -0.05) is 121 Å². The molecule has 0 amide bonds. The molecule has 0 aliphatic carbocycles. The van der Waals surface area contributed by atoms with E-state index in [0.717, 1.165) is 33.1 Å². The molecule has 0 spiro atoms. The molecule has 2 heterocycles. The smallest absolute Gasteiger partial charge is 0.124 e. The second kappa shape index (κ2) is 12.4. The van der Waals surface area contributed by atoms with Gasteiger partial charge in [-0.3, -0.25) is 0 Å². The van der Waals surface area contributed by atoms with E-state index in [9.17, 15) is 0 Å². The highest BCUT2D eigenvalue weighted by atomic mass is 32.1. The van der Waals surface area contributed by atoms with Gasteiger partial charge < -0.3 is 4.90 Å². The van der Waals surface area contributed by atoms with Crippen LogP contribution in [0.4, 0.5) is 17.1 Å². The number of hydrogen-bond donors (Lipinski definition) is 0. The minimum Gasteiger partial charge on any atom is -0.311 e. The van der Waals surface area contributed by atoms with Crippen molar-refractivity contribution in [1.29, 1.82) is 0 Å². The van der Waals surface area contributed by atoms with Crippen molar-refractivity contribution in [2.24, 2.45) is 0 Å². The van der Waals surface area contributed by atoms with Crippen LogP contribution in [0.1, 0.15) is 0 Å². The van der Waals surface area contributed by atoms with E-state index in [4.69, 9.17) is 4.98 Å². The molecular weight excluding hydrogens is 657 g/mol. The Hall–Kier alpha value is -6.07. The monoisotopic (exact) mass is 686 g/mol. The van der Waals surface area contributed by atoms with Crippen LogP contribution in [0.5, 0.6) is 0 Å². The van der Waals surface area contributed by atoms with Crippen LogP contribution in [0, 0.1) is 0 Å². The minimum atomic E-state index is 1.06. The number of para-hydroxylation sites is 1. The standard InChI is InChI=1S/C47H30N2S2/c1-3-11-34(12-4-1)47-48-42-27-29-44-45(46(42)51-47)41-30-35(22-28-43(41)50-44)31-18-23-37(24-19-31)49(36-14-5-2-6-15-36)38-25-20-33(21-26-38)40-17-9-13-32-10-7-8-16-39(32)40/h1-30H. The molecule has 0 aliphatic rings. The van der Waals surface area contributed by atoms with Crippen molar-refractivity contribution in [3.05, 3.63) is 182 Å². The zero-order chi connectivity index (χ0) is 33.7. The van der Waals surface area contributed by atoms with E-state index in [1.54, 1.807) is 11.3 Å². The highest BCUT2D eigenvalue weighted by molar-refractivity contribution is 7.28. The molecule has 51 heavy (non-hydrogen) atoms. The van der Waals surface area contributed by atoms with Crippen molar-refractivity contribution in [2.45, 2.75) is 0 Å². The Balaban J connectivity index is 1.02. The number of thiazole rings is 1. The Morgan fingerprint density at radius 2 is 1.04 bits per heavy atom. The predicted octanol–water partition coefficient (Wildman–Crippen LogP) is 14.3. The summed E-state index contributed by atoms with van der Waals surface area (Å²) in [5.41, 5.74) is 10.4. The molecule has 0 saturated heterocycles. The molecule has 0 bridgehead atoms. The number of hydrogen-bond acceptors (Lipinski definition) is 4. The second-order valence-corrected chi connectivity index (χ2v) is 14.9. The second-order valence-electron chi connectivity index (χ2n) is 12.8. The third-order valence-corrected chi connectivity index (χ3v) is 12.0. The lowest BCUT2D eigenvalue weighted by molar-refractivity contribution is 1.28. The molecule has 0 N–H and O–H groups in total. The quantitative estimate of drug-likeness (QED) is 0.173. The number of anilines is 3. The molecule has 240 valence electrons. The fourth-order valence-corrected chi connectivity index (χ4v) is 9.52. The predicted molar refractivity (Wildman–Crippen MR) is 221 cm³/mol. The van der Waals surface area contributed by atoms with Crippen molar-refractivity contribution in [1.82, 2.24) is 4.98 Å². The van der Waals surface area contributed by atoms with Crippen LogP contribution in [0.2, 0.25) is 0 Å². The van der Waals surface area contributed by atoms with Crippen LogP contribution in [0.25, 0.3) is 74.0 Å². The molecule has 2 nitrogen and oxygen atoms in total. The minimum absolute atomic E-state index is 1.06. The maximum atomic E-state index is 5.03. The summed E-state index contributed by atoms with van der Waals surface area (Å²) in [5.74, 6) is 0. The molecule has 0 saturated carbocycles. The van der Waals surface area contributed by atoms with Crippen LogP contribution in [-0.2, 0) is 0 Å². The number of aromatic nitrogens is 1. The summed E-state index contributed by atoms with van der Waals surface area (Å²) in [5, 5.41) is 6.20. The normalized spacial score (nSPS) is 11.5. The van der Waals surface area contributed by atoms with Crippen LogP contribution < -0.4 is 4.90 Å². The number of rotatable bonds is 6. The third kappa shape index (κ3) is 5.28. The summed E-state index contributed by atoms with van der Waals surface area (Å²) in [6.07, 6.45) is 0. The van der Waals surface area contributed by atoms with E-state index in [-0.39, 0.29) is 0 Å². The van der Waals surface area contributed by atoms with E-state index in [2.05, 4.69) is 187 Å². The number of thiophene rings is 1. The summed E-state index contributed by atoms with van der Waals surface area (Å²) < 4.78 is 3.86. The molecule has 8 aromatic carbocycles. The van der Waals surface area contributed by atoms with Gasteiger partial charge in [0.2, 0.25) is 0 Å². The molecule has 10 aromatic rings. The lowest BCUT2D eigenvalue weighted by Crippen LogP contribution is -2.09. The molecule has 10 rings (SSSR count). The van der Waals surface area contributed by atoms with Gasteiger partial charge in [-0.25, -0.2) is 4.98 Å². The van der Waals surface area contributed by atoms with Crippen LogP contribution in [-0.4, -0.2) is 4.98 Å². The van der Waals surface area contributed by atoms with E-state index in [1.807, 2.05) is 11.3 Å². The molecule has 2 aromatic heterocycles. The zero-order valence-corrected chi connectivity index (χ0v) is 29.2. The highest BCUT2D eigenvalue weighted by Crippen LogP contribution is 2.44. The van der Waals surface area contributed by atoms with E-state index < -0.39 is 0 Å². The molecule has 0 aliphatic heterocycles. The van der Waals surface area contributed by atoms with Gasteiger partial charge in [-0.05, 0) is 93.7 Å². The lowest BCUT2D eigenvalue weighted by Gasteiger charge is -2.26. The number of benzene rings is 8. The van der Waals surface area contributed by atoms with Gasteiger partial charge in [0.05, 0.1) is 10.2 Å². The van der Waals surface area contributed by atoms with Crippen molar-refractivity contribution in [3.8, 4) is 32.8 Å². The van der Waals surface area contributed by atoms with Crippen LogP contribution in [0.15, 0.2) is 182 Å². The first-order valence-electron chi connectivity index (χ1n) is 17.1. The molecule has 0 radical (unpaired) electrons. The molecular formula is C47H30N2S2. The topological polar surface area (TPSA) is 16.1 Å².